The van der Waals surface area contributed by atoms with E-state index in [1.165, 1.54) is 4.31 Å². The first kappa shape index (κ1) is 16.2. The lowest BCUT2D eigenvalue weighted by Crippen LogP contribution is -2.52. The van der Waals surface area contributed by atoms with Gasteiger partial charge in [0.2, 0.25) is 15.9 Å². The highest BCUT2D eigenvalue weighted by atomic mass is 32.2. The van der Waals surface area contributed by atoms with Gasteiger partial charge in [0.1, 0.15) is 15.9 Å². The molecule has 0 spiro atoms. The van der Waals surface area contributed by atoms with Crippen LogP contribution >= 0.6 is 11.7 Å². The fourth-order valence-electron chi connectivity index (χ4n) is 2.57. The van der Waals surface area contributed by atoms with E-state index in [-0.39, 0.29) is 30.4 Å². The first-order valence-corrected chi connectivity index (χ1v) is 9.35. The molecule has 1 N–H and O–H groups in total. The second-order valence-electron chi connectivity index (χ2n) is 5.20. The lowest BCUT2D eigenvalue weighted by atomic mass is 10.3. The van der Waals surface area contributed by atoms with Crippen LogP contribution in [0.4, 0.5) is 0 Å². The van der Waals surface area contributed by atoms with E-state index in [1.54, 1.807) is 30.1 Å². The zero-order chi connectivity index (χ0) is 16.4. The number of nitrogens with one attached hydrogen (secondary N) is 1. The Morgan fingerprint density at radius 3 is 2.70 bits per heavy atom. The predicted molar refractivity (Wildman–Crippen MR) is 86.7 cm³/mol. The number of likely N-dealkylation sites (N-methyl/N-ethyl adjacent to an activating group) is 1. The van der Waals surface area contributed by atoms with E-state index in [1.807, 2.05) is 0 Å². The first-order valence-electron chi connectivity index (χ1n) is 7.18. The van der Waals surface area contributed by atoms with Gasteiger partial charge in [0.15, 0.2) is 0 Å². The Morgan fingerprint density at radius 1 is 1.26 bits per heavy atom. The molecule has 1 aliphatic rings. The van der Waals surface area contributed by atoms with Crippen LogP contribution in [0.1, 0.15) is 0 Å². The molecule has 1 aromatic carbocycles. The van der Waals surface area contributed by atoms with E-state index < -0.39 is 10.0 Å². The molecule has 0 bridgehead atoms. The summed E-state index contributed by atoms with van der Waals surface area (Å²) in [7, 11) is -1.93. The molecule has 1 saturated heterocycles. The zero-order valence-corrected chi connectivity index (χ0v) is 14.2. The maximum atomic E-state index is 12.8. The number of sulfonamides is 1. The van der Waals surface area contributed by atoms with Crippen molar-refractivity contribution in [2.75, 3.05) is 39.8 Å². The monoisotopic (exact) mass is 355 g/mol. The molecule has 1 amide bonds. The summed E-state index contributed by atoms with van der Waals surface area (Å²) in [6.07, 6.45) is 0. The summed E-state index contributed by atoms with van der Waals surface area (Å²) >= 11 is 0.997. The number of rotatable bonds is 4. The number of aromatic nitrogens is 2. The molecule has 2 aromatic rings. The zero-order valence-electron chi connectivity index (χ0n) is 12.6. The number of carbonyl (C=O) groups excluding carboxylic acids is 1. The standard InChI is InChI=1S/C13H17N5O3S2/c1-14-9-12(19)17-5-7-18(8-6-17)23(20,21)11-4-2-3-10-13(11)16-22-15-10/h2-4,14H,5-9H2,1H3. The summed E-state index contributed by atoms with van der Waals surface area (Å²) in [6, 6.07) is 4.97. The Kier molecular flexibility index (Phi) is 4.57. The van der Waals surface area contributed by atoms with E-state index >= 15 is 0 Å². The van der Waals surface area contributed by atoms with Gasteiger partial charge in [0.25, 0.3) is 0 Å². The predicted octanol–water partition coefficient (Wildman–Crippen LogP) is -0.256. The van der Waals surface area contributed by atoms with Crippen LogP contribution in [-0.2, 0) is 14.8 Å². The van der Waals surface area contributed by atoms with Crippen molar-refractivity contribution in [2.24, 2.45) is 0 Å². The summed E-state index contributed by atoms with van der Waals surface area (Å²) in [5.74, 6) is -0.0182. The molecule has 1 aliphatic heterocycles. The maximum Gasteiger partial charge on any atom is 0.245 e. The maximum absolute atomic E-state index is 12.8. The highest BCUT2D eigenvalue weighted by molar-refractivity contribution is 7.89. The van der Waals surface area contributed by atoms with Gasteiger partial charge >= 0.3 is 0 Å². The fourth-order valence-corrected chi connectivity index (χ4v) is 4.74. The summed E-state index contributed by atoms with van der Waals surface area (Å²) in [6.45, 7) is 1.62. The van der Waals surface area contributed by atoms with Crippen LogP contribution in [0.2, 0.25) is 0 Å². The SMILES string of the molecule is CNCC(=O)N1CCN(S(=O)(=O)c2cccc3nsnc23)CC1. The van der Waals surface area contributed by atoms with Crippen LogP contribution in [0.25, 0.3) is 11.0 Å². The van der Waals surface area contributed by atoms with E-state index in [0.717, 1.165) is 11.7 Å². The van der Waals surface area contributed by atoms with Gasteiger partial charge in [-0.1, -0.05) is 6.07 Å². The van der Waals surface area contributed by atoms with E-state index in [2.05, 4.69) is 14.1 Å². The minimum Gasteiger partial charge on any atom is -0.339 e. The molecule has 0 saturated carbocycles. The van der Waals surface area contributed by atoms with Crippen molar-refractivity contribution in [2.45, 2.75) is 4.90 Å². The summed E-state index contributed by atoms with van der Waals surface area (Å²) in [5, 5.41) is 2.81. The smallest absolute Gasteiger partial charge is 0.245 e. The van der Waals surface area contributed by atoms with Crippen molar-refractivity contribution in [1.82, 2.24) is 23.3 Å². The van der Waals surface area contributed by atoms with Gasteiger partial charge < -0.3 is 10.2 Å². The molecule has 3 rings (SSSR count). The molecule has 0 radical (unpaired) electrons. The van der Waals surface area contributed by atoms with Crippen LogP contribution in [-0.4, -0.2) is 72.0 Å². The summed E-state index contributed by atoms with van der Waals surface area (Å²) < 4.78 is 35.3. The number of carbonyl (C=O) groups is 1. The molecular weight excluding hydrogens is 338 g/mol. The molecule has 0 unspecified atom stereocenters. The van der Waals surface area contributed by atoms with Gasteiger partial charge in [0, 0.05) is 26.2 Å². The highest BCUT2D eigenvalue weighted by Crippen LogP contribution is 2.25. The third-order valence-electron chi connectivity index (χ3n) is 3.79. The Bertz CT molecular complexity index is 812. The van der Waals surface area contributed by atoms with Gasteiger partial charge in [0.05, 0.1) is 18.3 Å². The quantitative estimate of drug-likeness (QED) is 0.812. The van der Waals surface area contributed by atoms with Crippen molar-refractivity contribution in [1.29, 1.82) is 0 Å². The topological polar surface area (TPSA) is 95.5 Å². The number of hydrogen-bond acceptors (Lipinski definition) is 7. The average molecular weight is 355 g/mol. The molecule has 8 nitrogen and oxygen atoms in total. The molecule has 0 aliphatic carbocycles. The number of benzene rings is 1. The van der Waals surface area contributed by atoms with Crippen molar-refractivity contribution < 1.29 is 13.2 Å². The number of piperazine rings is 1. The molecule has 1 aromatic heterocycles. The second kappa shape index (κ2) is 6.48. The minimum atomic E-state index is -3.64. The second-order valence-corrected chi connectivity index (χ2v) is 7.64. The molecular formula is C13H17N5O3S2. The van der Waals surface area contributed by atoms with Crippen LogP contribution in [0.15, 0.2) is 23.1 Å². The van der Waals surface area contributed by atoms with Gasteiger partial charge in [-0.15, -0.1) is 0 Å². The fraction of sp³-hybridized carbons (Fsp3) is 0.462. The number of hydrogen-bond donors (Lipinski definition) is 1. The number of fused-ring (bicyclic) bond motifs is 1. The van der Waals surface area contributed by atoms with Gasteiger partial charge in [-0.2, -0.15) is 13.1 Å². The van der Waals surface area contributed by atoms with Gasteiger partial charge in [-0.3, -0.25) is 4.79 Å². The Balaban J connectivity index is 1.80. The van der Waals surface area contributed by atoms with Crippen molar-refractivity contribution in [3.05, 3.63) is 18.2 Å². The molecule has 2 heterocycles. The van der Waals surface area contributed by atoms with Gasteiger partial charge in [-0.05, 0) is 19.2 Å². The lowest BCUT2D eigenvalue weighted by Gasteiger charge is -2.34. The van der Waals surface area contributed by atoms with E-state index in [4.69, 9.17) is 0 Å². The van der Waals surface area contributed by atoms with Crippen LogP contribution in [0.5, 0.6) is 0 Å². The molecule has 23 heavy (non-hydrogen) atoms. The third-order valence-corrected chi connectivity index (χ3v) is 6.26. The van der Waals surface area contributed by atoms with E-state index in [9.17, 15) is 13.2 Å². The van der Waals surface area contributed by atoms with Crippen LogP contribution < -0.4 is 5.32 Å². The van der Waals surface area contributed by atoms with Crippen molar-refractivity contribution >= 4 is 38.7 Å². The normalized spacial score (nSPS) is 16.8. The van der Waals surface area contributed by atoms with Gasteiger partial charge in [-0.25, -0.2) is 8.42 Å². The van der Waals surface area contributed by atoms with Crippen LogP contribution in [0.3, 0.4) is 0 Å². The van der Waals surface area contributed by atoms with E-state index in [0.29, 0.717) is 24.1 Å². The van der Waals surface area contributed by atoms with Crippen molar-refractivity contribution in [3.8, 4) is 0 Å². The molecule has 0 atom stereocenters. The number of amides is 1. The molecule has 1 fully saturated rings. The summed E-state index contributed by atoms with van der Waals surface area (Å²) in [4.78, 5) is 13.7. The van der Waals surface area contributed by atoms with Crippen LogP contribution in [0, 0.1) is 0 Å². The number of nitrogens with zero attached hydrogens (tertiary/aromatic N) is 4. The molecule has 10 heteroatoms. The molecule has 124 valence electrons. The minimum absolute atomic E-state index is 0.0182. The Hall–Kier alpha value is -1.62. The largest absolute Gasteiger partial charge is 0.339 e. The lowest BCUT2D eigenvalue weighted by molar-refractivity contribution is -0.131. The summed E-state index contributed by atoms with van der Waals surface area (Å²) in [5.41, 5.74) is 0.991. The first-order chi connectivity index (χ1) is 11.0. The Morgan fingerprint density at radius 2 is 2.00 bits per heavy atom. The Labute approximate surface area is 138 Å². The van der Waals surface area contributed by atoms with Crippen molar-refractivity contribution in [3.63, 3.8) is 0 Å². The average Bonchev–Trinajstić information content (AvgIpc) is 3.03. The highest BCUT2D eigenvalue weighted by Gasteiger charge is 2.31. The third kappa shape index (κ3) is 3.07.